The van der Waals surface area contributed by atoms with Gasteiger partial charge in [-0.05, 0) is 12.5 Å². The van der Waals surface area contributed by atoms with E-state index in [1.54, 1.807) is 6.08 Å². The van der Waals surface area contributed by atoms with E-state index >= 15 is 0 Å². The second-order valence-electron chi connectivity index (χ2n) is 4.21. The van der Waals surface area contributed by atoms with E-state index in [4.69, 9.17) is 5.73 Å². The lowest BCUT2D eigenvalue weighted by Crippen LogP contribution is -2.32. The van der Waals surface area contributed by atoms with Crippen LogP contribution in [0.5, 0.6) is 0 Å². The average molecular weight is 231 g/mol. The summed E-state index contributed by atoms with van der Waals surface area (Å²) in [5.74, 6) is 0.851. The van der Waals surface area contributed by atoms with Crippen LogP contribution in [-0.4, -0.2) is 19.0 Å². The molecule has 3 nitrogen and oxygen atoms in total. The van der Waals surface area contributed by atoms with E-state index in [1.807, 2.05) is 0 Å². The SMILES string of the molecule is C=CCNC(N)=NCC(C)c1ccc(C)cc1. The zero-order chi connectivity index (χ0) is 12.7. The second kappa shape index (κ2) is 6.74. The third-order valence-electron chi connectivity index (χ3n) is 2.61. The van der Waals surface area contributed by atoms with Gasteiger partial charge in [0.1, 0.15) is 0 Å². The Morgan fingerprint density at radius 2 is 2.12 bits per heavy atom. The first-order valence-electron chi connectivity index (χ1n) is 5.84. The number of nitrogens with two attached hydrogens (primary N) is 1. The Balaban J connectivity index is 2.51. The van der Waals surface area contributed by atoms with Gasteiger partial charge in [0.05, 0.1) is 0 Å². The number of rotatable bonds is 5. The number of nitrogens with one attached hydrogen (secondary N) is 1. The van der Waals surface area contributed by atoms with Gasteiger partial charge in [-0.25, -0.2) is 0 Å². The molecule has 0 amide bonds. The highest BCUT2D eigenvalue weighted by molar-refractivity contribution is 5.77. The zero-order valence-electron chi connectivity index (χ0n) is 10.6. The lowest BCUT2D eigenvalue weighted by Gasteiger charge is -2.10. The van der Waals surface area contributed by atoms with Crippen LogP contribution in [0.15, 0.2) is 41.9 Å². The number of nitrogens with zero attached hydrogens (tertiary/aromatic N) is 1. The van der Waals surface area contributed by atoms with E-state index in [-0.39, 0.29) is 0 Å². The van der Waals surface area contributed by atoms with Crippen LogP contribution in [-0.2, 0) is 0 Å². The molecule has 0 saturated heterocycles. The van der Waals surface area contributed by atoms with Crippen LogP contribution in [0.2, 0.25) is 0 Å². The molecule has 3 N–H and O–H groups in total. The van der Waals surface area contributed by atoms with Gasteiger partial charge in [0.2, 0.25) is 0 Å². The lowest BCUT2D eigenvalue weighted by atomic mass is 10.0. The summed E-state index contributed by atoms with van der Waals surface area (Å²) in [5.41, 5.74) is 8.26. The third-order valence-corrected chi connectivity index (χ3v) is 2.61. The molecule has 1 atom stereocenters. The standard InChI is InChI=1S/C14H21N3/c1-4-9-16-14(15)17-10-12(3)13-7-5-11(2)6-8-13/h4-8,12H,1,9-10H2,2-3H3,(H3,15,16,17). The van der Waals surface area contributed by atoms with Gasteiger partial charge >= 0.3 is 0 Å². The maximum absolute atomic E-state index is 5.70. The van der Waals surface area contributed by atoms with Gasteiger partial charge < -0.3 is 11.1 Å². The first-order valence-corrected chi connectivity index (χ1v) is 5.84. The van der Waals surface area contributed by atoms with Gasteiger partial charge in [0, 0.05) is 19.0 Å². The van der Waals surface area contributed by atoms with Crippen LogP contribution in [0.3, 0.4) is 0 Å². The fraction of sp³-hybridized carbons (Fsp3) is 0.357. The van der Waals surface area contributed by atoms with Gasteiger partial charge in [0.25, 0.3) is 0 Å². The molecule has 1 unspecified atom stereocenters. The summed E-state index contributed by atoms with van der Waals surface area (Å²) >= 11 is 0. The number of guanidine groups is 1. The van der Waals surface area contributed by atoms with Crippen molar-refractivity contribution in [2.45, 2.75) is 19.8 Å². The van der Waals surface area contributed by atoms with Gasteiger partial charge in [-0.1, -0.05) is 42.8 Å². The molecule has 0 saturated carbocycles. The Kier molecular flexibility index (Phi) is 5.27. The maximum atomic E-state index is 5.70. The summed E-state index contributed by atoms with van der Waals surface area (Å²) in [4.78, 5) is 4.30. The minimum atomic E-state index is 0.375. The number of hydrogen-bond donors (Lipinski definition) is 2. The van der Waals surface area contributed by atoms with Crippen LogP contribution >= 0.6 is 0 Å². The molecule has 1 rings (SSSR count). The van der Waals surface area contributed by atoms with E-state index in [1.165, 1.54) is 11.1 Å². The van der Waals surface area contributed by atoms with Crippen molar-refractivity contribution in [2.24, 2.45) is 10.7 Å². The maximum Gasteiger partial charge on any atom is 0.188 e. The van der Waals surface area contributed by atoms with Crippen molar-refractivity contribution in [1.82, 2.24) is 5.32 Å². The fourth-order valence-electron chi connectivity index (χ4n) is 1.47. The molecule has 0 radical (unpaired) electrons. The van der Waals surface area contributed by atoms with E-state index in [0.29, 0.717) is 25.0 Å². The molecule has 92 valence electrons. The van der Waals surface area contributed by atoms with E-state index in [0.717, 1.165) is 0 Å². The molecular weight excluding hydrogens is 210 g/mol. The number of aliphatic imine (C=N–C) groups is 1. The van der Waals surface area contributed by atoms with Crippen LogP contribution in [0.25, 0.3) is 0 Å². The first-order chi connectivity index (χ1) is 8.13. The molecule has 0 aliphatic rings. The molecule has 0 aliphatic carbocycles. The van der Waals surface area contributed by atoms with Crippen molar-refractivity contribution in [3.05, 3.63) is 48.0 Å². The Morgan fingerprint density at radius 3 is 2.71 bits per heavy atom. The molecule has 0 spiro atoms. The molecule has 1 aromatic rings. The fourth-order valence-corrected chi connectivity index (χ4v) is 1.47. The van der Waals surface area contributed by atoms with Crippen molar-refractivity contribution < 1.29 is 0 Å². The predicted octanol–water partition coefficient (Wildman–Crippen LogP) is 2.19. The van der Waals surface area contributed by atoms with Crippen molar-refractivity contribution in [1.29, 1.82) is 0 Å². The van der Waals surface area contributed by atoms with E-state index in [9.17, 15) is 0 Å². The minimum absolute atomic E-state index is 0.375. The summed E-state index contributed by atoms with van der Waals surface area (Å²) in [6.45, 7) is 9.19. The first kappa shape index (κ1) is 13.3. The smallest absolute Gasteiger partial charge is 0.188 e. The Morgan fingerprint density at radius 1 is 1.47 bits per heavy atom. The highest BCUT2D eigenvalue weighted by Gasteiger charge is 2.04. The monoisotopic (exact) mass is 231 g/mol. The van der Waals surface area contributed by atoms with E-state index in [2.05, 4.69) is 55.0 Å². The number of aryl methyl sites for hydroxylation is 1. The minimum Gasteiger partial charge on any atom is -0.370 e. The molecule has 0 bridgehead atoms. The van der Waals surface area contributed by atoms with Crippen LogP contribution in [0.1, 0.15) is 24.0 Å². The molecule has 0 heterocycles. The predicted molar refractivity (Wildman–Crippen MR) is 74.3 cm³/mol. The number of hydrogen-bond acceptors (Lipinski definition) is 1. The summed E-state index contributed by atoms with van der Waals surface area (Å²) in [6, 6.07) is 8.52. The molecule has 0 aromatic heterocycles. The average Bonchev–Trinajstić information content (AvgIpc) is 2.34. The Bertz CT molecular complexity index is 379. The largest absolute Gasteiger partial charge is 0.370 e. The number of benzene rings is 1. The highest BCUT2D eigenvalue weighted by Crippen LogP contribution is 2.15. The van der Waals surface area contributed by atoms with Crippen molar-refractivity contribution in [2.75, 3.05) is 13.1 Å². The van der Waals surface area contributed by atoms with E-state index < -0.39 is 0 Å². The molecule has 17 heavy (non-hydrogen) atoms. The van der Waals surface area contributed by atoms with Gasteiger partial charge in [0.15, 0.2) is 5.96 Å². The lowest BCUT2D eigenvalue weighted by molar-refractivity contribution is 0.768. The van der Waals surface area contributed by atoms with Gasteiger partial charge in [-0.3, -0.25) is 4.99 Å². The molecule has 0 aliphatic heterocycles. The topological polar surface area (TPSA) is 50.4 Å². The van der Waals surface area contributed by atoms with Crippen molar-refractivity contribution in [3.63, 3.8) is 0 Å². The van der Waals surface area contributed by atoms with Gasteiger partial charge in [-0.15, -0.1) is 6.58 Å². The summed E-state index contributed by atoms with van der Waals surface area (Å²) < 4.78 is 0. The van der Waals surface area contributed by atoms with Crippen LogP contribution < -0.4 is 11.1 Å². The molecule has 0 fully saturated rings. The van der Waals surface area contributed by atoms with Gasteiger partial charge in [-0.2, -0.15) is 0 Å². The van der Waals surface area contributed by atoms with Crippen molar-refractivity contribution in [3.8, 4) is 0 Å². The summed E-state index contributed by atoms with van der Waals surface area (Å²) in [5, 5.41) is 2.96. The molecular formula is C14H21N3. The highest BCUT2D eigenvalue weighted by atomic mass is 15.1. The van der Waals surface area contributed by atoms with Crippen molar-refractivity contribution >= 4 is 5.96 Å². The van der Waals surface area contributed by atoms with Crippen LogP contribution in [0, 0.1) is 6.92 Å². The normalized spacial score (nSPS) is 13.2. The quantitative estimate of drug-likeness (QED) is 0.463. The summed E-state index contributed by atoms with van der Waals surface area (Å²) in [7, 11) is 0. The molecule has 1 aromatic carbocycles. The third kappa shape index (κ3) is 4.72. The Labute approximate surface area is 103 Å². The second-order valence-corrected chi connectivity index (χ2v) is 4.21. The molecule has 3 heteroatoms. The van der Waals surface area contributed by atoms with Crippen LogP contribution in [0.4, 0.5) is 0 Å². The summed E-state index contributed by atoms with van der Waals surface area (Å²) in [6.07, 6.45) is 1.76. The zero-order valence-corrected chi connectivity index (χ0v) is 10.6. The Hall–Kier alpha value is -1.77.